The van der Waals surface area contributed by atoms with Gasteiger partial charge in [0.1, 0.15) is 5.39 Å². The lowest BCUT2D eigenvalue weighted by molar-refractivity contribution is 0.304. The molecule has 0 saturated heterocycles. The molecule has 2 heterocycles. The lowest BCUT2D eigenvalue weighted by atomic mass is 9.85. The predicted octanol–water partition coefficient (Wildman–Crippen LogP) is 3.21. The van der Waals surface area contributed by atoms with E-state index in [1.165, 1.54) is 0 Å². The number of fused-ring (bicyclic) bond motifs is 1. The van der Waals surface area contributed by atoms with Crippen LogP contribution in [-0.4, -0.2) is 26.3 Å². The first-order valence-electron chi connectivity index (χ1n) is 8.33. The molecule has 2 rings (SSSR count). The van der Waals surface area contributed by atoms with Gasteiger partial charge in [0, 0.05) is 6.54 Å². The van der Waals surface area contributed by atoms with Crippen LogP contribution in [0.4, 0.5) is 5.95 Å². The van der Waals surface area contributed by atoms with E-state index in [0.717, 1.165) is 6.54 Å². The van der Waals surface area contributed by atoms with E-state index in [1.54, 1.807) is 10.9 Å². The minimum Gasteiger partial charge on any atom is -0.355 e. The topological polar surface area (TPSA) is 75.6 Å². The Labute approximate surface area is 137 Å². The van der Waals surface area contributed by atoms with Crippen molar-refractivity contribution in [1.29, 1.82) is 0 Å². The molecule has 2 N–H and O–H groups in total. The normalized spacial score (nSPS) is 12.8. The third-order valence-corrected chi connectivity index (χ3v) is 4.29. The quantitative estimate of drug-likeness (QED) is 0.887. The zero-order chi connectivity index (χ0) is 17.4. The molecule has 6 heteroatoms. The Morgan fingerprint density at radius 3 is 2.35 bits per heavy atom. The van der Waals surface area contributed by atoms with E-state index < -0.39 is 0 Å². The zero-order valence-corrected chi connectivity index (χ0v) is 15.3. The summed E-state index contributed by atoms with van der Waals surface area (Å²) in [6.45, 7) is 15.8. The van der Waals surface area contributed by atoms with Crippen molar-refractivity contribution in [2.24, 2.45) is 17.8 Å². The standard InChI is InChI=1S/C17H29N5O/c1-10(2)12(11(3)4)8-18-16-20-14-13(15(23)21-16)9-19-22(14)17(5,6)7/h9-12H,8H2,1-7H3,(H2,18,20,21,23). The smallest absolute Gasteiger partial charge is 0.263 e. The summed E-state index contributed by atoms with van der Waals surface area (Å²) in [5.74, 6) is 2.17. The zero-order valence-electron chi connectivity index (χ0n) is 15.3. The second-order valence-electron chi connectivity index (χ2n) is 7.91. The number of hydrogen-bond acceptors (Lipinski definition) is 4. The van der Waals surface area contributed by atoms with Gasteiger partial charge in [-0.05, 0) is 38.5 Å². The lowest BCUT2D eigenvalue weighted by Crippen LogP contribution is -2.27. The summed E-state index contributed by atoms with van der Waals surface area (Å²) in [6, 6.07) is 0. The third-order valence-electron chi connectivity index (χ3n) is 4.29. The Kier molecular flexibility index (Phi) is 4.82. The van der Waals surface area contributed by atoms with E-state index in [9.17, 15) is 4.79 Å². The molecule has 0 aliphatic carbocycles. The van der Waals surface area contributed by atoms with Gasteiger partial charge in [0.15, 0.2) is 5.65 Å². The van der Waals surface area contributed by atoms with Gasteiger partial charge in [0.2, 0.25) is 5.95 Å². The fourth-order valence-electron chi connectivity index (χ4n) is 2.95. The van der Waals surface area contributed by atoms with Crippen LogP contribution in [0, 0.1) is 17.8 Å². The average molecular weight is 319 g/mol. The van der Waals surface area contributed by atoms with Crippen LogP contribution in [-0.2, 0) is 5.54 Å². The van der Waals surface area contributed by atoms with Gasteiger partial charge in [-0.3, -0.25) is 9.78 Å². The highest BCUT2D eigenvalue weighted by Crippen LogP contribution is 2.21. The fraction of sp³-hybridized carbons (Fsp3) is 0.706. The molecular weight excluding hydrogens is 290 g/mol. The molecule has 0 aliphatic heterocycles. The predicted molar refractivity (Wildman–Crippen MR) is 94.8 cm³/mol. The molecule has 6 nitrogen and oxygen atoms in total. The van der Waals surface area contributed by atoms with Gasteiger partial charge in [-0.25, -0.2) is 4.68 Å². The van der Waals surface area contributed by atoms with Crippen LogP contribution in [0.25, 0.3) is 11.0 Å². The van der Waals surface area contributed by atoms with Gasteiger partial charge in [-0.1, -0.05) is 27.7 Å². The summed E-state index contributed by atoms with van der Waals surface area (Å²) >= 11 is 0. The van der Waals surface area contributed by atoms with Crippen LogP contribution in [0.2, 0.25) is 0 Å². The number of H-pyrrole nitrogens is 1. The van der Waals surface area contributed by atoms with Gasteiger partial charge in [-0.15, -0.1) is 0 Å². The summed E-state index contributed by atoms with van der Waals surface area (Å²) in [5, 5.41) is 8.15. The molecule has 0 amide bonds. The van der Waals surface area contributed by atoms with Gasteiger partial charge in [-0.2, -0.15) is 10.1 Å². The maximum absolute atomic E-state index is 12.3. The summed E-state index contributed by atoms with van der Waals surface area (Å²) in [4.78, 5) is 19.7. The molecule has 0 aliphatic rings. The minimum absolute atomic E-state index is 0.154. The molecule has 0 saturated carbocycles. The fourth-order valence-corrected chi connectivity index (χ4v) is 2.95. The van der Waals surface area contributed by atoms with Gasteiger partial charge >= 0.3 is 0 Å². The number of hydrogen-bond donors (Lipinski definition) is 2. The largest absolute Gasteiger partial charge is 0.355 e. The van der Waals surface area contributed by atoms with E-state index in [0.29, 0.717) is 34.7 Å². The number of aromatic amines is 1. The number of rotatable bonds is 5. The molecule has 0 spiro atoms. The highest BCUT2D eigenvalue weighted by atomic mass is 16.1. The van der Waals surface area contributed by atoms with E-state index in [-0.39, 0.29) is 11.1 Å². The Morgan fingerprint density at radius 2 is 1.83 bits per heavy atom. The van der Waals surface area contributed by atoms with Crippen molar-refractivity contribution in [3.05, 3.63) is 16.6 Å². The van der Waals surface area contributed by atoms with Crippen molar-refractivity contribution in [3.63, 3.8) is 0 Å². The second kappa shape index (κ2) is 6.34. The first-order valence-corrected chi connectivity index (χ1v) is 8.33. The van der Waals surface area contributed by atoms with Crippen molar-refractivity contribution in [1.82, 2.24) is 19.7 Å². The Bertz CT molecular complexity index is 713. The molecule has 0 aromatic carbocycles. The van der Waals surface area contributed by atoms with Gasteiger partial charge in [0.05, 0.1) is 11.7 Å². The second-order valence-corrected chi connectivity index (χ2v) is 7.91. The van der Waals surface area contributed by atoms with E-state index >= 15 is 0 Å². The summed E-state index contributed by atoms with van der Waals surface area (Å²) in [5.41, 5.74) is 0.242. The monoisotopic (exact) mass is 319 g/mol. The average Bonchev–Trinajstić information content (AvgIpc) is 2.82. The molecule has 2 aromatic rings. The number of anilines is 1. The van der Waals surface area contributed by atoms with Gasteiger partial charge < -0.3 is 5.32 Å². The maximum atomic E-state index is 12.3. The lowest BCUT2D eigenvalue weighted by Gasteiger charge is -2.25. The SMILES string of the molecule is CC(C)C(CNc1nc2c(cnn2C(C)(C)C)c(=O)[nH]1)C(C)C. The Balaban J connectivity index is 2.34. The van der Waals surface area contributed by atoms with E-state index in [4.69, 9.17) is 0 Å². The minimum atomic E-state index is -0.224. The van der Waals surface area contributed by atoms with Crippen LogP contribution in [0.1, 0.15) is 48.5 Å². The van der Waals surface area contributed by atoms with E-state index in [1.807, 2.05) is 20.8 Å². The van der Waals surface area contributed by atoms with Crippen molar-refractivity contribution >= 4 is 17.0 Å². The Hall–Kier alpha value is -1.85. The molecule has 0 atom stereocenters. The molecule has 23 heavy (non-hydrogen) atoms. The molecule has 0 radical (unpaired) electrons. The number of aromatic nitrogens is 4. The highest BCUT2D eigenvalue weighted by Gasteiger charge is 2.21. The van der Waals surface area contributed by atoms with Crippen molar-refractivity contribution in [3.8, 4) is 0 Å². The summed E-state index contributed by atoms with van der Waals surface area (Å²) < 4.78 is 1.80. The molecule has 0 bridgehead atoms. The van der Waals surface area contributed by atoms with Crippen LogP contribution >= 0.6 is 0 Å². The summed E-state index contributed by atoms with van der Waals surface area (Å²) in [7, 11) is 0. The van der Waals surface area contributed by atoms with Crippen molar-refractivity contribution < 1.29 is 0 Å². The van der Waals surface area contributed by atoms with Crippen molar-refractivity contribution in [2.75, 3.05) is 11.9 Å². The van der Waals surface area contributed by atoms with Crippen molar-refractivity contribution in [2.45, 2.75) is 54.0 Å². The third kappa shape index (κ3) is 3.74. The molecule has 0 fully saturated rings. The first kappa shape index (κ1) is 17.5. The highest BCUT2D eigenvalue weighted by molar-refractivity contribution is 5.74. The number of nitrogens with one attached hydrogen (secondary N) is 2. The van der Waals surface area contributed by atoms with Crippen LogP contribution in [0.5, 0.6) is 0 Å². The van der Waals surface area contributed by atoms with Crippen LogP contribution < -0.4 is 10.9 Å². The Morgan fingerprint density at radius 1 is 1.22 bits per heavy atom. The van der Waals surface area contributed by atoms with Gasteiger partial charge in [0.25, 0.3) is 5.56 Å². The maximum Gasteiger partial charge on any atom is 0.263 e. The molecular formula is C17H29N5O. The first-order chi connectivity index (χ1) is 10.6. The number of nitrogens with zero attached hydrogens (tertiary/aromatic N) is 3. The molecule has 0 unspecified atom stereocenters. The molecule has 2 aromatic heterocycles. The summed E-state index contributed by atoms with van der Waals surface area (Å²) in [6.07, 6.45) is 1.58. The van der Waals surface area contributed by atoms with E-state index in [2.05, 4.69) is 48.1 Å². The van der Waals surface area contributed by atoms with Crippen LogP contribution in [0.15, 0.2) is 11.0 Å². The molecule has 128 valence electrons. The van der Waals surface area contributed by atoms with Crippen LogP contribution in [0.3, 0.4) is 0 Å².